The molecule has 0 heterocycles. The fourth-order valence-electron chi connectivity index (χ4n) is 1.64. The summed E-state index contributed by atoms with van der Waals surface area (Å²) in [5, 5.41) is 0. The lowest BCUT2D eigenvalue weighted by Gasteiger charge is -2.10. The Morgan fingerprint density at radius 1 is 0.667 bits per heavy atom. The van der Waals surface area contributed by atoms with Gasteiger partial charge in [0.2, 0.25) is 0 Å². The van der Waals surface area contributed by atoms with Crippen molar-refractivity contribution < 1.29 is 27.6 Å². The van der Waals surface area contributed by atoms with E-state index in [1.165, 1.54) is 50.6 Å². The first kappa shape index (κ1) is 15.0. The van der Waals surface area contributed by atoms with Crippen LogP contribution in [0.1, 0.15) is 0 Å². The number of ether oxygens (including phenoxy) is 2. The second-order valence-electron chi connectivity index (χ2n) is 4.06. The van der Waals surface area contributed by atoms with Gasteiger partial charge >= 0.3 is 7.69 Å². The SMILES string of the molecule is COc1cc(F)cc(OBOc2cc(F)cc(OC)c2)c1. The van der Waals surface area contributed by atoms with Gasteiger partial charge in [-0.05, 0) is 0 Å². The summed E-state index contributed by atoms with van der Waals surface area (Å²) >= 11 is 0. The topological polar surface area (TPSA) is 36.9 Å². The first-order chi connectivity index (χ1) is 10.1. The average Bonchev–Trinajstić information content (AvgIpc) is 2.46. The molecule has 0 aliphatic rings. The Balaban J connectivity index is 1.98. The monoisotopic (exact) mass is 294 g/mol. The summed E-state index contributed by atoms with van der Waals surface area (Å²) in [5.74, 6) is 0.175. The quantitative estimate of drug-likeness (QED) is 0.768. The summed E-state index contributed by atoms with van der Waals surface area (Å²) in [4.78, 5) is 0. The van der Waals surface area contributed by atoms with Crippen molar-refractivity contribution in [3.05, 3.63) is 48.0 Å². The molecular weight excluding hydrogens is 281 g/mol. The summed E-state index contributed by atoms with van der Waals surface area (Å²) in [6.07, 6.45) is 0. The molecule has 0 bridgehead atoms. The molecule has 0 aliphatic carbocycles. The number of benzene rings is 2. The first-order valence-electron chi connectivity index (χ1n) is 6.05. The van der Waals surface area contributed by atoms with Crippen molar-refractivity contribution in [3.8, 4) is 23.0 Å². The van der Waals surface area contributed by atoms with Crippen molar-refractivity contribution in [2.45, 2.75) is 0 Å². The maximum absolute atomic E-state index is 13.2. The summed E-state index contributed by atoms with van der Waals surface area (Å²) in [6.45, 7) is 0. The molecule has 0 spiro atoms. The van der Waals surface area contributed by atoms with E-state index in [0.717, 1.165) is 0 Å². The predicted octanol–water partition coefficient (Wildman–Crippen LogP) is 2.71. The van der Waals surface area contributed by atoms with Gasteiger partial charge in [-0.15, -0.1) is 0 Å². The highest BCUT2D eigenvalue weighted by Crippen LogP contribution is 2.23. The molecule has 7 heteroatoms. The van der Waals surface area contributed by atoms with E-state index < -0.39 is 11.6 Å². The van der Waals surface area contributed by atoms with Crippen LogP contribution in [0.2, 0.25) is 0 Å². The molecule has 0 saturated heterocycles. The summed E-state index contributed by atoms with van der Waals surface area (Å²) in [5.41, 5.74) is 0. The van der Waals surface area contributed by atoms with E-state index in [1.807, 2.05) is 0 Å². The zero-order valence-corrected chi connectivity index (χ0v) is 11.6. The summed E-state index contributed by atoms with van der Waals surface area (Å²) in [7, 11) is 2.64. The molecule has 4 nitrogen and oxygen atoms in total. The molecule has 0 saturated carbocycles. The second-order valence-corrected chi connectivity index (χ2v) is 4.06. The van der Waals surface area contributed by atoms with Crippen molar-refractivity contribution in [2.24, 2.45) is 0 Å². The van der Waals surface area contributed by atoms with Crippen LogP contribution >= 0.6 is 0 Å². The van der Waals surface area contributed by atoms with Crippen molar-refractivity contribution in [2.75, 3.05) is 14.2 Å². The first-order valence-corrected chi connectivity index (χ1v) is 6.05. The highest BCUT2D eigenvalue weighted by molar-refractivity contribution is 6.20. The Hall–Kier alpha value is -2.44. The van der Waals surface area contributed by atoms with Crippen LogP contribution in [0.4, 0.5) is 8.78 Å². The third kappa shape index (κ3) is 4.27. The van der Waals surface area contributed by atoms with Gasteiger partial charge in [0.25, 0.3) is 0 Å². The van der Waals surface area contributed by atoms with Crippen LogP contribution in [0.5, 0.6) is 23.0 Å². The summed E-state index contributed by atoms with van der Waals surface area (Å²) < 4.78 is 46.8. The Kier molecular flexibility index (Phi) is 4.87. The minimum Gasteiger partial charge on any atom is -0.528 e. The molecule has 0 N–H and O–H groups in total. The minimum atomic E-state index is -0.489. The van der Waals surface area contributed by atoms with Crippen LogP contribution in [0.25, 0.3) is 0 Å². The third-order valence-electron chi connectivity index (χ3n) is 2.61. The molecule has 2 aromatic rings. The smallest absolute Gasteiger partial charge is 0.528 e. The van der Waals surface area contributed by atoms with Gasteiger partial charge in [0, 0.05) is 36.4 Å². The van der Waals surface area contributed by atoms with E-state index in [-0.39, 0.29) is 19.2 Å². The molecule has 110 valence electrons. The lowest BCUT2D eigenvalue weighted by Crippen LogP contribution is -2.11. The van der Waals surface area contributed by atoms with Crippen LogP contribution in [0.3, 0.4) is 0 Å². The number of rotatable bonds is 6. The molecular formula is C14H13BF2O4. The number of hydrogen-bond acceptors (Lipinski definition) is 4. The van der Waals surface area contributed by atoms with Gasteiger partial charge < -0.3 is 18.8 Å². The van der Waals surface area contributed by atoms with Crippen LogP contribution in [0.15, 0.2) is 36.4 Å². The molecule has 2 aromatic carbocycles. The van der Waals surface area contributed by atoms with Crippen LogP contribution in [-0.2, 0) is 0 Å². The standard InChI is InChI=1S/C14H13BF2O4/c1-18-11-3-9(16)5-13(7-11)20-15-21-14-6-10(17)4-12(8-14)19-2/h3-8,15H,1-2H3. The average molecular weight is 294 g/mol. The number of halogens is 2. The number of hydrogen-bond donors (Lipinski definition) is 0. The van der Waals surface area contributed by atoms with Crippen molar-refractivity contribution in [1.82, 2.24) is 0 Å². The zero-order valence-electron chi connectivity index (χ0n) is 11.6. The van der Waals surface area contributed by atoms with Crippen LogP contribution in [-0.4, -0.2) is 21.9 Å². The molecule has 0 amide bonds. The van der Waals surface area contributed by atoms with Crippen LogP contribution in [0, 0.1) is 11.6 Å². The Bertz CT molecular complexity index is 568. The lowest BCUT2D eigenvalue weighted by atomic mass is 10.2. The van der Waals surface area contributed by atoms with E-state index in [4.69, 9.17) is 18.8 Å². The molecule has 21 heavy (non-hydrogen) atoms. The van der Waals surface area contributed by atoms with Crippen molar-refractivity contribution in [1.29, 1.82) is 0 Å². The molecule has 0 aromatic heterocycles. The molecule has 0 unspecified atom stereocenters. The molecule has 0 atom stereocenters. The van der Waals surface area contributed by atoms with E-state index in [1.54, 1.807) is 0 Å². The Labute approximate surface area is 121 Å². The normalized spacial score (nSPS) is 9.90. The van der Waals surface area contributed by atoms with E-state index in [2.05, 4.69) is 0 Å². The lowest BCUT2D eigenvalue weighted by molar-refractivity contribution is 0.401. The zero-order chi connectivity index (χ0) is 15.2. The fraction of sp³-hybridized carbons (Fsp3) is 0.143. The maximum Gasteiger partial charge on any atom is 0.576 e. The van der Waals surface area contributed by atoms with E-state index >= 15 is 0 Å². The van der Waals surface area contributed by atoms with E-state index in [9.17, 15) is 8.78 Å². The molecule has 0 aliphatic heterocycles. The largest absolute Gasteiger partial charge is 0.576 e. The van der Waals surface area contributed by atoms with Gasteiger partial charge in [-0.2, -0.15) is 0 Å². The predicted molar refractivity (Wildman–Crippen MR) is 74.3 cm³/mol. The van der Waals surface area contributed by atoms with Gasteiger partial charge in [0.15, 0.2) is 0 Å². The van der Waals surface area contributed by atoms with E-state index in [0.29, 0.717) is 11.5 Å². The van der Waals surface area contributed by atoms with Gasteiger partial charge in [-0.1, -0.05) is 0 Å². The number of methoxy groups -OCH3 is 2. The molecule has 0 fully saturated rings. The minimum absolute atomic E-state index is 0.209. The van der Waals surface area contributed by atoms with Gasteiger partial charge in [-0.3, -0.25) is 0 Å². The highest BCUT2D eigenvalue weighted by Gasteiger charge is 2.06. The maximum atomic E-state index is 13.2. The van der Waals surface area contributed by atoms with Gasteiger partial charge in [0.05, 0.1) is 14.2 Å². The van der Waals surface area contributed by atoms with Gasteiger partial charge in [-0.25, -0.2) is 8.78 Å². The Morgan fingerprint density at radius 2 is 1.05 bits per heavy atom. The van der Waals surface area contributed by atoms with Crippen molar-refractivity contribution in [3.63, 3.8) is 0 Å². The molecule has 2 rings (SSSR count). The second kappa shape index (κ2) is 6.83. The molecule has 0 radical (unpaired) electrons. The Morgan fingerprint density at radius 3 is 1.43 bits per heavy atom. The van der Waals surface area contributed by atoms with Crippen molar-refractivity contribution >= 4 is 7.69 Å². The van der Waals surface area contributed by atoms with Crippen LogP contribution < -0.4 is 18.8 Å². The fourth-order valence-corrected chi connectivity index (χ4v) is 1.64. The summed E-state index contributed by atoms with van der Waals surface area (Å²) in [6, 6.07) is 7.86. The highest BCUT2D eigenvalue weighted by atomic mass is 19.1. The van der Waals surface area contributed by atoms with Gasteiger partial charge in [0.1, 0.15) is 34.6 Å². The third-order valence-corrected chi connectivity index (χ3v) is 2.61.